The van der Waals surface area contributed by atoms with E-state index in [1.807, 2.05) is 12.1 Å². The zero-order chi connectivity index (χ0) is 21.3. The fraction of sp³-hybridized carbons (Fsp3) is 0.318. The molecule has 1 N–H and O–H groups in total. The average Bonchev–Trinajstić information content (AvgIpc) is 3.07. The van der Waals surface area contributed by atoms with Gasteiger partial charge in [0.2, 0.25) is 10.0 Å². The van der Waals surface area contributed by atoms with Crippen LogP contribution in [0.1, 0.15) is 16.7 Å². The van der Waals surface area contributed by atoms with Gasteiger partial charge in [-0.15, -0.1) is 0 Å². The molecule has 0 saturated heterocycles. The van der Waals surface area contributed by atoms with Crippen molar-refractivity contribution in [3.05, 3.63) is 76.0 Å². The van der Waals surface area contributed by atoms with Crippen molar-refractivity contribution >= 4 is 33.2 Å². The highest BCUT2D eigenvalue weighted by atomic mass is 35.5. The first-order valence-electron chi connectivity index (χ1n) is 9.88. The quantitative estimate of drug-likeness (QED) is 0.742. The molecule has 0 spiro atoms. The molecule has 2 aliphatic rings. The first-order valence-corrected chi connectivity index (χ1v) is 11.9. The lowest BCUT2D eigenvalue weighted by molar-refractivity contribution is -0.114. The Morgan fingerprint density at radius 1 is 1.10 bits per heavy atom. The van der Waals surface area contributed by atoms with Gasteiger partial charge in [-0.1, -0.05) is 29.8 Å². The standard InChI is InChI=1S/C22H24ClN3O3S/c1-25-11-8-17-14-20(7-4-18(17)15-25)26-12-9-21(22(26)27)24-30(28,29)13-10-16-2-5-19(23)6-3-16/h2-7,9,14,24H,8,10-13,15H2,1H3. The van der Waals surface area contributed by atoms with Crippen LogP contribution in [0.25, 0.3) is 0 Å². The number of likely N-dealkylation sites (N-methyl/N-ethyl adjacent to an activating group) is 1. The summed E-state index contributed by atoms with van der Waals surface area (Å²) in [4.78, 5) is 16.7. The number of carbonyl (C=O) groups excluding carboxylic acids is 1. The molecule has 2 heterocycles. The number of benzene rings is 2. The average molecular weight is 446 g/mol. The highest BCUT2D eigenvalue weighted by Crippen LogP contribution is 2.27. The minimum absolute atomic E-state index is 0.106. The molecule has 1 amide bonds. The van der Waals surface area contributed by atoms with E-state index in [2.05, 4.69) is 22.7 Å². The largest absolute Gasteiger partial charge is 0.303 e. The van der Waals surface area contributed by atoms with E-state index in [0.717, 1.165) is 30.8 Å². The Kier molecular flexibility index (Phi) is 5.86. The normalized spacial score (nSPS) is 17.1. The molecule has 30 heavy (non-hydrogen) atoms. The van der Waals surface area contributed by atoms with Gasteiger partial charge in [0.05, 0.1) is 5.75 Å². The van der Waals surface area contributed by atoms with Gasteiger partial charge in [-0.3, -0.25) is 9.52 Å². The number of amides is 1. The van der Waals surface area contributed by atoms with Crippen LogP contribution < -0.4 is 9.62 Å². The van der Waals surface area contributed by atoms with E-state index in [1.165, 1.54) is 11.1 Å². The number of rotatable bonds is 6. The molecule has 0 saturated carbocycles. The van der Waals surface area contributed by atoms with E-state index >= 15 is 0 Å². The molecule has 2 aromatic carbocycles. The Balaban J connectivity index is 1.39. The molecule has 0 aliphatic carbocycles. The molecular formula is C22H24ClN3O3S. The SMILES string of the molecule is CN1CCc2cc(N3CC=C(NS(=O)(=O)CCc4ccc(Cl)cc4)C3=O)ccc2C1. The predicted octanol–water partition coefficient (Wildman–Crippen LogP) is 2.72. The third-order valence-electron chi connectivity index (χ3n) is 5.50. The molecule has 4 rings (SSSR count). The molecular weight excluding hydrogens is 422 g/mol. The van der Waals surface area contributed by atoms with Crippen LogP contribution in [0, 0.1) is 0 Å². The molecule has 0 fully saturated rings. The van der Waals surface area contributed by atoms with Crippen molar-refractivity contribution < 1.29 is 13.2 Å². The number of sulfonamides is 1. The second kappa shape index (κ2) is 8.41. The predicted molar refractivity (Wildman–Crippen MR) is 119 cm³/mol. The maximum absolute atomic E-state index is 12.8. The number of nitrogens with one attached hydrogen (secondary N) is 1. The smallest absolute Gasteiger partial charge is 0.275 e. The number of anilines is 1. The molecule has 2 aliphatic heterocycles. The summed E-state index contributed by atoms with van der Waals surface area (Å²) in [6.45, 7) is 2.24. The van der Waals surface area contributed by atoms with Crippen LogP contribution >= 0.6 is 11.6 Å². The van der Waals surface area contributed by atoms with E-state index < -0.39 is 10.0 Å². The van der Waals surface area contributed by atoms with E-state index in [4.69, 9.17) is 11.6 Å². The van der Waals surface area contributed by atoms with Gasteiger partial charge in [-0.2, -0.15) is 0 Å². The minimum atomic E-state index is -3.64. The fourth-order valence-electron chi connectivity index (χ4n) is 3.78. The number of carbonyl (C=O) groups is 1. The Bertz CT molecular complexity index is 1100. The van der Waals surface area contributed by atoms with Crippen molar-refractivity contribution in [1.29, 1.82) is 0 Å². The van der Waals surface area contributed by atoms with Crippen LogP contribution in [0.4, 0.5) is 5.69 Å². The van der Waals surface area contributed by atoms with Crippen LogP contribution in [0.2, 0.25) is 5.02 Å². The van der Waals surface area contributed by atoms with Gasteiger partial charge >= 0.3 is 0 Å². The number of fused-ring (bicyclic) bond motifs is 1. The minimum Gasteiger partial charge on any atom is -0.303 e. The molecule has 2 aromatic rings. The molecule has 158 valence electrons. The summed E-state index contributed by atoms with van der Waals surface area (Å²) in [7, 11) is -1.54. The van der Waals surface area contributed by atoms with Crippen LogP contribution in [-0.4, -0.2) is 45.1 Å². The van der Waals surface area contributed by atoms with Crippen LogP contribution in [-0.2, 0) is 34.2 Å². The maximum Gasteiger partial charge on any atom is 0.275 e. The van der Waals surface area contributed by atoms with Gasteiger partial charge in [0.1, 0.15) is 5.70 Å². The Hall–Kier alpha value is -2.35. The summed E-state index contributed by atoms with van der Waals surface area (Å²) in [6.07, 6.45) is 2.92. The maximum atomic E-state index is 12.8. The van der Waals surface area contributed by atoms with Crippen molar-refractivity contribution in [2.24, 2.45) is 0 Å². The highest BCUT2D eigenvalue weighted by Gasteiger charge is 2.29. The van der Waals surface area contributed by atoms with E-state index in [1.54, 1.807) is 35.2 Å². The topological polar surface area (TPSA) is 69.7 Å². The molecule has 8 heteroatoms. The zero-order valence-electron chi connectivity index (χ0n) is 16.8. The monoisotopic (exact) mass is 445 g/mol. The van der Waals surface area contributed by atoms with Gasteiger partial charge in [0, 0.05) is 30.3 Å². The second-order valence-corrected chi connectivity index (χ2v) is 10.1. The zero-order valence-corrected chi connectivity index (χ0v) is 18.3. The number of aryl methyl sites for hydroxylation is 1. The van der Waals surface area contributed by atoms with Gasteiger partial charge in [0.25, 0.3) is 5.91 Å². The Morgan fingerprint density at radius 2 is 1.87 bits per heavy atom. The van der Waals surface area contributed by atoms with E-state index in [0.29, 0.717) is 18.0 Å². The van der Waals surface area contributed by atoms with Crippen LogP contribution in [0.5, 0.6) is 0 Å². The lowest BCUT2D eigenvalue weighted by Gasteiger charge is -2.26. The number of hydrogen-bond acceptors (Lipinski definition) is 4. The van der Waals surface area contributed by atoms with Crippen LogP contribution in [0.3, 0.4) is 0 Å². The van der Waals surface area contributed by atoms with Gasteiger partial charge < -0.3 is 9.80 Å². The molecule has 0 bridgehead atoms. The summed E-state index contributed by atoms with van der Waals surface area (Å²) in [5.74, 6) is -0.427. The van der Waals surface area contributed by atoms with E-state index in [9.17, 15) is 13.2 Å². The van der Waals surface area contributed by atoms with Gasteiger partial charge in [-0.25, -0.2) is 8.42 Å². The van der Waals surface area contributed by atoms with Crippen molar-refractivity contribution in [2.75, 3.05) is 30.8 Å². The summed E-state index contributed by atoms with van der Waals surface area (Å²) >= 11 is 5.86. The van der Waals surface area contributed by atoms with Crippen LogP contribution in [0.15, 0.2) is 54.2 Å². The third kappa shape index (κ3) is 4.69. The molecule has 0 unspecified atom stereocenters. The molecule has 0 atom stereocenters. The van der Waals surface area contributed by atoms with Gasteiger partial charge in [0.15, 0.2) is 0 Å². The number of hydrogen-bond donors (Lipinski definition) is 1. The van der Waals surface area contributed by atoms with Crippen molar-refractivity contribution in [3.8, 4) is 0 Å². The van der Waals surface area contributed by atoms with Gasteiger partial charge in [-0.05, 0) is 66.9 Å². The van der Waals surface area contributed by atoms with E-state index in [-0.39, 0.29) is 17.4 Å². The van der Waals surface area contributed by atoms with Crippen molar-refractivity contribution in [1.82, 2.24) is 9.62 Å². The van der Waals surface area contributed by atoms with Crippen molar-refractivity contribution in [3.63, 3.8) is 0 Å². The summed E-state index contributed by atoms with van der Waals surface area (Å²) in [5, 5.41) is 0.607. The molecule has 6 nitrogen and oxygen atoms in total. The first-order chi connectivity index (χ1) is 14.3. The molecule has 0 radical (unpaired) electrons. The second-order valence-electron chi connectivity index (χ2n) is 7.77. The third-order valence-corrected chi connectivity index (χ3v) is 7.02. The summed E-state index contributed by atoms with van der Waals surface area (Å²) in [6, 6.07) is 13.1. The summed E-state index contributed by atoms with van der Waals surface area (Å²) < 4.78 is 27.4. The van der Waals surface area contributed by atoms with Crippen molar-refractivity contribution in [2.45, 2.75) is 19.4 Å². The number of nitrogens with zero attached hydrogens (tertiary/aromatic N) is 2. The first kappa shape index (κ1) is 20.9. The molecule has 0 aromatic heterocycles. The highest BCUT2D eigenvalue weighted by molar-refractivity contribution is 7.89. The fourth-order valence-corrected chi connectivity index (χ4v) is 5.01. The number of halogens is 1. The summed E-state index contributed by atoms with van der Waals surface area (Å²) in [5.41, 5.74) is 4.31. The lowest BCUT2D eigenvalue weighted by Crippen LogP contribution is -2.34. The lowest BCUT2D eigenvalue weighted by atomic mass is 9.99. The Morgan fingerprint density at radius 3 is 2.63 bits per heavy atom. The Labute approximate surface area is 182 Å².